The van der Waals surface area contributed by atoms with E-state index in [-0.39, 0.29) is 12.5 Å². The number of amides is 1. The highest BCUT2D eigenvalue weighted by Crippen LogP contribution is 2.37. The van der Waals surface area contributed by atoms with E-state index in [1.54, 1.807) is 30.3 Å². The maximum absolute atomic E-state index is 14.1. The van der Waals surface area contributed by atoms with Gasteiger partial charge in [0.15, 0.2) is 5.13 Å². The lowest BCUT2D eigenvalue weighted by Gasteiger charge is -2.20. The molecule has 0 unspecified atom stereocenters. The number of rotatable bonds is 5. The van der Waals surface area contributed by atoms with Crippen LogP contribution in [0.25, 0.3) is 21.5 Å². The second-order valence-corrected chi connectivity index (χ2v) is 9.53. The Morgan fingerprint density at radius 3 is 2.65 bits per heavy atom. The van der Waals surface area contributed by atoms with E-state index in [2.05, 4.69) is 10.1 Å². The van der Waals surface area contributed by atoms with E-state index >= 15 is 0 Å². The smallest absolute Gasteiger partial charge is 0.266 e. The van der Waals surface area contributed by atoms with Crippen LogP contribution in [0.5, 0.6) is 0 Å². The van der Waals surface area contributed by atoms with Gasteiger partial charge < -0.3 is 4.52 Å². The first-order valence-corrected chi connectivity index (χ1v) is 12.0. The molecule has 0 radical (unpaired) electrons. The maximum atomic E-state index is 14.1. The van der Waals surface area contributed by atoms with Crippen LogP contribution in [0.3, 0.4) is 0 Å². The number of carbonyl (C=O) groups excluding carboxylic acids is 1. The highest BCUT2D eigenvalue weighted by atomic mass is 35.5. The zero-order valence-corrected chi connectivity index (χ0v) is 20.6. The second-order valence-electron chi connectivity index (χ2n) is 7.71. The number of hydrogen-bond acceptors (Lipinski definition) is 6. The van der Waals surface area contributed by atoms with Crippen molar-refractivity contribution in [2.45, 2.75) is 20.4 Å². The Hall–Kier alpha value is -3.26. The predicted octanol–water partition coefficient (Wildman–Crippen LogP) is 7.12. The van der Waals surface area contributed by atoms with E-state index in [4.69, 9.17) is 32.7 Å². The number of aryl methyl sites for hydroxylation is 2. The largest absolute Gasteiger partial charge is 0.360 e. The van der Waals surface area contributed by atoms with Crippen LogP contribution >= 0.6 is 34.5 Å². The molecule has 2 aromatic carbocycles. The molecule has 34 heavy (non-hydrogen) atoms. The van der Waals surface area contributed by atoms with Crippen molar-refractivity contribution in [2.75, 3.05) is 4.90 Å². The van der Waals surface area contributed by atoms with Crippen molar-refractivity contribution in [2.24, 2.45) is 0 Å². The van der Waals surface area contributed by atoms with Crippen molar-refractivity contribution in [3.8, 4) is 11.3 Å². The van der Waals surface area contributed by atoms with Crippen LogP contribution in [0.4, 0.5) is 5.13 Å². The van der Waals surface area contributed by atoms with Crippen LogP contribution in [0.2, 0.25) is 10.0 Å². The lowest BCUT2D eigenvalue weighted by Crippen LogP contribution is -2.31. The Bertz CT molecular complexity index is 1510. The summed E-state index contributed by atoms with van der Waals surface area (Å²) in [5.41, 5.74) is 3.85. The summed E-state index contributed by atoms with van der Waals surface area (Å²) in [7, 11) is 0. The van der Waals surface area contributed by atoms with Crippen LogP contribution in [0.1, 0.15) is 27.2 Å². The summed E-state index contributed by atoms with van der Waals surface area (Å²) in [6.45, 7) is 3.90. The van der Waals surface area contributed by atoms with Gasteiger partial charge in [-0.2, -0.15) is 0 Å². The van der Waals surface area contributed by atoms with Gasteiger partial charge in [-0.05, 0) is 49.2 Å². The van der Waals surface area contributed by atoms with Gasteiger partial charge in [0, 0.05) is 23.0 Å². The van der Waals surface area contributed by atoms with Gasteiger partial charge in [0.05, 0.1) is 21.8 Å². The monoisotopic (exact) mass is 508 g/mol. The van der Waals surface area contributed by atoms with Crippen molar-refractivity contribution in [3.63, 3.8) is 0 Å². The van der Waals surface area contributed by atoms with E-state index in [0.717, 1.165) is 21.3 Å². The normalized spacial score (nSPS) is 11.2. The van der Waals surface area contributed by atoms with Crippen LogP contribution in [0.15, 0.2) is 65.4 Å². The average molecular weight is 509 g/mol. The molecule has 0 spiro atoms. The molecule has 5 aromatic rings. The van der Waals surface area contributed by atoms with Gasteiger partial charge >= 0.3 is 0 Å². The third kappa shape index (κ3) is 4.07. The molecule has 6 nitrogen and oxygen atoms in total. The van der Waals surface area contributed by atoms with Crippen LogP contribution in [-0.4, -0.2) is 21.0 Å². The SMILES string of the molecule is Cc1onc(-c2ccccc2Cl)c1C(=O)N(Cc1cccnc1)c1nc2c(C)c(Cl)ccc2s1. The molecule has 3 aromatic heterocycles. The predicted molar refractivity (Wildman–Crippen MR) is 136 cm³/mol. The van der Waals surface area contributed by atoms with Crippen molar-refractivity contribution in [3.05, 3.63) is 93.4 Å². The quantitative estimate of drug-likeness (QED) is 0.252. The molecule has 0 aliphatic heterocycles. The molecule has 1 amide bonds. The minimum Gasteiger partial charge on any atom is -0.360 e. The average Bonchev–Trinajstić information content (AvgIpc) is 3.44. The van der Waals surface area contributed by atoms with Crippen molar-refractivity contribution >= 4 is 55.8 Å². The molecule has 0 saturated heterocycles. The highest BCUT2D eigenvalue weighted by molar-refractivity contribution is 7.22. The van der Waals surface area contributed by atoms with Gasteiger partial charge in [-0.1, -0.05) is 64.0 Å². The van der Waals surface area contributed by atoms with Crippen LogP contribution in [-0.2, 0) is 6.54 Å². The molecule has 9 heteroatoms. The van der Waals surface area contributed by atoms with E-state index in [9.17, 15) is 4.79 Å². The van der Waals surface area contributed by atoms with Gasteiger partial charge in [0.1, 0.15) is 17.0 Å². The van der Waals surface area contributed by atoms with E-state index in [1.807, 2.05) is 49.4 Å². The number of thiazole rings is 1. The van der Waals surface area contributed by atoms with E-state index < -0.39 is 0 Å². The molecule has 0 bridgehead atoms. The van der Waals surface area contributed by atoms with Crippen LogP contribution < -0.4 is 4.90 Å². The van der Waals surface area contributed by atoms with Gasteiger partial charge in [0.25, 0.3) is 5.91 Å². The molecule has 3 heterocycles. The van der Waals surface area contributed by atoms with Gasteiger partial charge in [0.2, 0.25) is 0 Å². The zero-order chi connectivity index (χ0) is 23.8. The van der Waals surface area contributed by atoms with Gasteiger partial charge in [-0.15, -0.1) is 0 Å². The number of anilines is 1. The first kappa shape index (κ1) is 22.5. The summed E-state index contributed by atoms with van der Waals surface area (Å²) in [5.74, 6) is 0.108. The van der Waals surface area contributed by atoms with E-state index in [0.29, 0.717) is 37.8 Å². The molecular weight excluding hydrogens is 491 g/mol. The molecule has 0 aliphatic rings. The Labute approximate surface area is 209 Å². The fourth-order valence-corrected chi connectivity index (χ4v) is 5.10. The Kier molecular flexibility index (Phi) is 6.08. The lowest BCUT2D eigenvalue weighted by atomic mass is 10.0. The third-order valence-corrected chi connectivity index (χ3v) is 7.26. The number of nitrogens with zero attached hydrogens (tertiary/aromatic N) is 4. The zero-order valence-electron chi connectivity index (χ0n) is 18.3. The summed E-state index contributed by atoms with van der Waals surface area (Å²) in [6, 6.07) is 14.7. The maximum Gasteiger partial charge on any atom is 0.266 e. The third-order valence-electron chi connectivity index (χ3n) is 5.48. The fraction of sp³-hybridized carbons (Fsp3) is 0.120. The molecule has 0 aliphatic carbocycles. The van der Waals surface area contributed by atoms with Crippen molar-refractivity contribution in [1.29, 1.82) is 0 Å². The summed E-state index contributed by atoms with van der Waals surface area (Å²) in [5, 5.41) is 5.82. The molecular formula is C25H18Cl2N4O2S. The van der Waals surface area contributed by atoms with Gasteiger partial charge in [-0.25, -0.2) is 4.98 Å². The number of halogens is 2. The first-order valence-electron chi connectivity index (χ1n) is 10.4. The summed E-state index contributed by atoms with van der Waals surface area (Å²) in [6.07, 6.45) is 3.42. The van der Waals surface area contributed by atoms with Gasteiger partial charge in [-0.3, -0.25) is 14.7 Å². The van der Waals surface area contributed by atoms with E-state index in [1.165, 1.54) is 11.3 Å². The topological polar surface area (TPSA) is 72.1 Å². The number of pyridine rings is 1. The van der Waals surface area contributed by atoms with Crippen LogP contribution in [0, 0.1) is 13.8 Å². The molecule has 0 saturated carbocycles. The second kappa shape index (κ2) is 9.18. The molecule has 0 N–H and O–H groups in total. The Morgan fingerprint density at radius 2 is 1.88 bits per heavy atom. The standard InChI is InChI=1S/C25H18Cl2N4O2S/c1-14-18(26)9-10-20-22(14)29-25(34-20)31(13-16-6-5-11-28-12-16)24(32)21-15(2)33-30-23(21)17-7-3-4-8-19(17)27/h3-12H,13H2,1-2H3. The number of carbonyl (C=O) groups is 1. The number of aromatic nitrogens is 3. The number of hydrogen-bond donors (Lipinski definition) is 0. The van der Waals surface area contributed by atoms with Crippen molar-refractivity contribution in [1.82, 2.24) is 15.1 Å². The highest BCUT2D eigenvalue weighted by Gasteiger charge is 2.30. The summed E-state index contributed by atoms with van der Waals surface area (Å²) >= 11 is 14.2. The molecule has 0 atom stereocenters. The fourth-order valence-electron chi connectivity index (χ4n) is 3.70. The Morgan fingerprint density at radius 1 is 1.06 bits per heavy atom. The molecule has 5 rings (SSSR count). The minimum absolute atomic E-state index is 0.270. The number of fused-ring (bicyclic) bond motifs is 1. The summed E-state index contributed by atoms with van der Waals surface area (Å²) < 4.78 is 6.39. The summed E-state index contributed by atoms with van der Waals surface area (Å²) in [4.78, 5) is 24.7. The minimum atomic E-state index is -0.291. The molecule has 0 fully saturated rings. The van der Waals surface area contributed by atoms with Crippen molar-refractivity contribution < 1.29 is 9.32 Å². The Balaban J connectivity index is 1.65. The number of benzene rings is 2. The first-order chi connectivity index (χ1) is 16.4. The lowest BCUT2D eigenvalue weighted by molar-refractivity contribution is 0.0984. The molecule has 170 valence electrons.